The maximum Gasteiger partial charge on any atom is 0.245 e. The van der Waals surface area contributed by atoms with Crippen molar-refractivity contribution < 1.29 is 9.53 Å². The molecule has 10 nitrogen and oxygen atoms in total. The van der Waals surface area contributed by atoms with E-state index in [2.05, 4.69) is 38.1 Å². The van der Waals surface area contributed by atoms with Gasteiger partial charge in [-0.1, -0.05) is 12.6 Å². The highest BCUT2D eigenvalue weighted by Gasteiger charge is 2.18. The smallest absolute Gasteiger partial charge is 0.245 e. The van der Waals surface area contributed by atoms with E-state index in [1.54, 1.807) is 16.9 Å². The topological polar surface area (TPSA) is 125 Å². The first kappa shape index (κ1) is 24.6. The van der Waals surface area contributed by atoms with Crippen molar-refractivity contribution in [2.75, 3.05) is 13.1 Å². The standard InChI is InChI=1S/C18H15N7O.C8H13NO/c1-11-17(23-24-22-11)13-7-16(18-14(8-19)9-21-25(18)10-13)26-12(2)15-5-3-4-6-20-15;1-2-8(10)9-6-4-3-5-7-9/h3-7,9-10,12H,1-2H3,(H,22,23,24);2H,1,3-7H2. The number of piperidine rings is 1. The molecule has 1 fully saturated rings. The van der Waals surface area contributed by atoms with Gasteiger partial charge in [0.1, 0.15) is 34.7 Å². The van der Waals surface area contributed by atoms with Gasteiger partial charge in [0.15, 0.2) is 0 Å². The van der Waals surface area contributed by atoms with Crippen molar-refractivity contribution in [1.29, 1.82) is 5.26 Å². The quantitative estimate of drug-likeness (QED) is 0.424. The molecule has 5 heterocycles. The summed E-state index contributed by atoms with van der Waals surface area (Å²) in [6, 6.07) is 9.67. The second-order valence-corrected chi connectivity index (χ2v) is 8.42. The number of ether oxygens (including phenoxy) is 1. The Morgan fingerprint density at radius 3 is 2.72 bits per heavy atom. The Kier molecular flexibility index (Phi) is 7.70. The van der Waals surface area contributed by atoms with Crippen LogP contribution in [0.5, 0.6) is 5.75 Å². The molecule has 1 unspecified atom stereocenters. The highest BCUT2D eigenvalue weighted by molar-refractivity contribution is 5.87. The number of rotatable bonds is 5. The van der Waals surface area contributed by atoms with Gasteiger partial charge in [0.05, 0.1) is 17.6 Å². The first-order valence-electron chi connectivity index (χ1n) is 11.8. The molecule has 4 aromatic rings. The molecule has 1 aliphatic rings. The third-order valence-corrected chi connectivity index (χ3v) is 5.94. The number of carbonyl (C=O) groups excluding carboxylic acids is 1. The second-order valence-electron chi connectivity index (χ2n) is 8.42. The summed E-state index contributed by atoms with van der Waals surface area (Å²) in [5.74, 6) is 0.622. The van der Waals surface area contributed by atoms with Gasteiger partial charge >= 0.3 is 0 Å². The molecule has 1 amide bonds. The molecule has 0 radical (unpaired) electrons. The molecule has 5 rings (SSSR count). The molecular formula is C26H28N8O2. The van der Waals surface area contributed by atoms with Crippen molar-refractivity contribution >= 4 is 11.4 Å². The molecule has 184 valence electrons. The lowest BCUT2D eigenvalue weighted by Gasteiger charge is -2.25. The molecule has 0 aromatic carbocycles. The molecule has 0 aliphatic carbocycles. The number of likely N-dealkylation sites (tertiary alicyclic amines) is 1. The number of amides is 1. The van der Waals surface area contributed by atoms with E-state index < -0.39 is 0 Å². The monoisotopic (exact) mass is 484 g/mol. The van der Waals surface area contributed by atoms with Crippen molar-refractivity contribution in [3.05, 3.63) is 72.5 Å². The van der Waals surface area contributed by atoms with Gasteiger partial charge < -0.3 is 9.64 Å². The summed E-state index contributed by atoms with van der Waals surface area (Å²) in [6.07, 6.45) is 9.71. The SMILES string of the molecule is C=CC(=O)N1CCCCC1.Cc1n[nH]nc1-c1cc(OC(C)c2ccccn2)c2c(C#N)cnn2c1. The highest BCUT2D eigenvalue weighted by atomic mass is 16.5. The van der Waals surface area contributed by atoms with Crippen LogP contribution in [0.15, 0.2) is 55.5 Å². The van der Waals surface area contributed by atoms with E-state index in [-0.39, 0.29) is 12.0 Å². The lowest BCUT2D eigenvalue weighted by Crippen LogP contribution is -2.34. The minimum Gasteiger partial charge on any atom is -0.482 e. The predicted octanol–water partition coefficient (Wildman–Crippen LogP) is 4.02. The van der Waals surface area contributed by atoms with Crippen LogP contribution in [-0.4, -0.2) is 53.9 Å². The number of aromatic amines is 1. The number of hydrogen-bond donors (Lipinski definition) is 1. The Balaban J connectivity index is 0.000000256. The molecule has 0 saturated carbocycles. The Labute approximate surface area is 209 Å². The summed E-state index contributed by atoms with van der Waals surface area (Å²) < 4.78 is 7.79. The summed E-state index contributed by atoms with van der Waals surface area (Å²) in [4.78, 5) is 17.2. The molecule has 1 saturated heterocycles. The number of nitrogens with one attached hydrogen (secondary N) is 1. The maximum atomic E-state index is 11.0. The summed E-state index contributed by atoms with van der Waals surface area (Å²) in [6.45, 7) is 9.06. The zero-order valence-electron chi connectivity index (χ0n) is 20.4. The third kappa shape index (κ3) is 5.41. The average Bonchev–Trinajstić information content (AvgIpc) is 3.55. The highest BCUT2D eigenvalue weighted by Crippen LogP contribution is 2.32. The van der Waals surface area contributed by atoms with E-state index in [1.165, 1.54) is 18.7 Å². The molecule has 1 aliphatic heterocycles. The number of H-pyrrole nitrogens is 1. The number of carbonyl (C=O) groups is 1. The van der Waals surface area contributed by atoms with Crippen LogP contribution in [0.4, 0.5) is 0 Å². The van der Waals surface area contributed by atoms with Gasteiger partial charge in [-0.3, -0.25) is 9.78 Å². The van der Waals surface area contributed by atoms with Crippen molar-refractivity contribution in [3.63, 3.8) is 0 Å². The second kappa shape index (κ2) is 11.3. The molecule has 0 bridgehead atoms. The third-order valence-electron chi connectivity index (χ3n) is 5.94. The Morgan fingerprint density at radius 2 is 2.08 bits per heavy atom. The summed E-state index contributed by atoms with van der Waals surface area (Å²) in [5.41, 5.74) is 4.11. The van der Waals surface area contributed by atoms with Crippen LogP contribution < -0.4 is 4.74 Å². The van der Waals surface area contributed by atoms with Gasteiger partial charge in [-0.2, -0.15) is 25.8 Å². The number of aryl methyl sites for hydroxylation is 1. The first-order chi connectivity index (χ1) is 17.5. The molecule has 1 N–H and O–H groups in total. The van der Waals surface area contributed by atoms with E-state index in [0.717, 1.165) is 42.9 Å². The average molecular weight is 485 g/mol. The number of nitrogens with zero attached hydrogens (tertiary/aromatic N) is 7. The number of nitriles is 1. The van der Waals surface area contributed by atoms with Crippen molar-refractivity contribution in [1.82, 2.24) is 34.9 Å². The van der Waals surface area contributed by atoms with E-state index in [9.17, 15) is 10.1 Å². The molecule has 0 spiro atoms. The van der Waals surface area contributed by atoms with Gasteiger partial charge in [-0.05, 0) is 57.4 Å². The summed E-state index contributed by atoms with van der Waals surface area (Å²) >= 11 is 0. The first-order valence-corrected chi connectivity index (χ1v) is 11.8. The van der Waals surface area contributed by atoms with Gasteiger partial charge in [0.25, 0.3) is 0 Å². The molecule has 36 heavy (non-hydrogen) atoms. The minimum absolute atomic E-state index is 0.0831. The fourth-order valence-corrected chi connectivity index (χ4v) is 4.05. The van der Waals surface area contributed by atoms with Gasteiger partial charge in [0.2, 0.25) is 5.91 Å². The lowest BCUT2D eigenvalue weighted by molar-refractivity contribution is -0.126. The molecule has 4 aromatic heterocycles. The number of hydrogen-bond acceptors (Lipinski definition) is 7. The summed E-state index contributed by atoms with van der Waals surface area (Å²) in [7, 11) is 0. The normalized spacial score (nSPS) is 13.9. The van der Waals surface area contributed by atoms with E-state index in [4.69, 9.17) is 4.74 Å². The maximum absolute atomic E-state index is 11.0. The van der Waals surface area contributed by atoms with Gasteiger partial charge in [-0.15, -0.1) is 0 Å². The van der Waals surface area contributed by atoms with Crippen LogP contribution >= 0.6 is 0 Å². The van der Waals surface area contributed by atoms with Crippen LogP contribution in [-0.2, 0) is 4.79 Å². The van der Waals surface area contributed by atoms with Crippen LogP contribution in [0.2, 0.25) is 0 Å². The zero-order valence-corrected chi connectivity index (χ0v) is 20.4. The van der Waals surface area contributed by atoms with Crippen molar-refractivity contribution in [3.8, 4) is 23.1 Å². The van der Waals surface area contributed by atoms with Crippen molar-refractivity contribution in [2.24, 2.45) is 0 Å². The largest absolute Gasteiger partial charge is 0.482 e. The zero-order chi connectivity index (χ0) is 25.5. The minimum atomic E-state index is -0.296. The van der Waals surface area contributed by atoms with Gasteiger partial charge in [-0.25, -0.2) is 4.52 Å². The Morgan fingerprint density at radius 1 is 1.28 bits per heavy atom. The van der Waals surface area contributed by atoms with E-state index in [0.29, 0.717) is 22.5 Å². The van der Waals surface area contributed by atoms with Crippen LogP contribution in [0.3, 0.4) is 0 Å². The van der Waals surface area contributed by atoms with Crippen LogP contribution in [0.25, 0.3) is 16.8 Å². The number of pyridine rings is 2. The molecule has 10 heteroatoms. The Hall–Kier alpha value is -4.52. The van der Waals surface area contributed by atoms with Crippen molar-refractivity contribution in [2.45, 2.75) is 39.2 Å². The predicted molar refractivity (Wildman–Crippen MR) is 134 cm³/mol. The number of fused-ring (bicyclic) bond motifs is 1. The molecular weight excluding hydrogens is 456 g/mol. The molecule has 1 atom stereocenters. The lowest BCUT2D eigenvalue weighted by atomic mass is 10.1. The Bertz CT molecular complexity index is 1380. The van der Waals surface area contributed by atoms with Gasteiger partial charge in [0, 0.05) is 31.0 Å². The summed E-state index contributed by atoms with van der Waals surface area (Å²) in [5, 5.41) is 24.5. The van der Waals surface area contributed by atoms with E-state index >= 15 is 0 Å². The number of aromatic nitrogens is 6. The van der Waals surface area contributed by atoms with E-state index in [1.807, 2.05) is 43.0 Å². The fraction of sp³-hybridized carbons (Fsp3) is 0.308. The van der Waals surface area contributed by atoms with Crippen LogP contribution in [0.1, 0.15) is 49.2 Å². The van der Waals surface area contributed by atoms with Crippen LogP contribution in [0, 0.1) is 18.3 Å². The fourth-order valence-electron chi connectivity index (χ4n) is 4.05.